The monoisotopic (exact) mass is 280 g/mol. The van der Waals surface area contributed by atoms with Gasteiger partial charge >= 0.3 is 0 Å². The van der Waals surface area contributed by atoms with Gasteiger partial charge in [-0.05, 0) is 13.8 Å². The van der Waals surface area contributed by atoms with Crippen LogP contribution in [0, 0.1) is 5.41 Å². The Hall–Kier alpha value is -0.210. The summed E-state index contributed by atoms with van der Waals surface area (Å²) in [5.74, 6) is 0. The normalized spacial score (nSPS) is 27.4. The van der Waals surface area contributed by atoms with Gasteiger partial charge in [-0.15, -0.1) is 0 Å². The number of rotatable bonds is 5. The fourth-order valence-electron chi connectivity index (χ4n) is 1.76. The quantitative estimate of drug-likeness (QED) is 0.740. The smallest absolute Gasteiger partial charge is 0.279 e. The van der Waals surface area contributed by atoms with E-state index in [2.05, 4.69) is 4.72 Å². The molecule has 1 fully saturated rings. The van der Waals surface area contributed by atoms with Crippen molar-refractivity contribution in [3.63, 3.8) is 0 Å². The molecule has 0 bridgehead atoms. The topological polar surface area (TPSA) is 78.9 Å². The third-order valence-electron chi connectivity index (χ3n) is 2.89. The molecule has 0 aliphatic carbocycles. The van der Waals surface area contributed by atoms with E-state index in [1.165, 1.54) is 4.31 Å². The number of aliphatic hydroxyl groups is 1. The Morgan fingerprint density at radius 1 is 1.33 bits per heavy atom. The van der Waals surface area contributed by atoms with E-state index < -0.39 is 15.6 Å². The highest BCUT2D eigenvalue weighted by Crippen LogP contribution is 2.16. The average molecular weight is 280 g/mol. The molecule has 0 spiro atoms. The van der Waals surface area contributed by atoms with E-state index >= 15 is 0 Å². The van der Waals surface area contributed by atoms with Gasteiger partial charge in [0.2, 0.25) is 0 Å². The van der Waals surface area contributed by atoms with Crippen molar-refractivity contribution in [3.05, 3.63) is 0 Å². The first kappa shape index (κ1) is 15.8. The fourth-order valence-corrected chi connectivity index (χ4v) is 3.33. The molecular weight excluding hydrogens is 256 g/mol. The van der Waals surface area contributed by atoms with E-state index in [1.54, 1.807) is 13.8 Å². The lowest BCUT2D eigenvalue weighted by atomic mass is 9.96. The van der Waals surface area contributed by atoms with Crippen LogP contribution in [0.3, 0.4) is 0 Å². The summed E-state index contributed by atoms with van der Waals surface area (Å²) in [6, 6.07) is 0. The molecule has 0 amide bonds. The Balaban J connectivity index is 2.63. The molecule has 7 heteroatoms. The van der Waals surface area contributed by atoms with Crippen molar-refractivity contribution < 1.29 is 18.3 Å². The first-order valence-corrected chi connectivity index (χ1v) is 7.61. The predicted octanol–water partition coefficient (Wildman–Crippen LogP) is -0.0515. The second-order valence-electron chi connectivity index (χ2n) is 5.72. The standard InChI is InChI=1S/C11H24N2O4S/c1-9-5-13(6-10(2)17-9)18(15,16)12-7-11(3,4)8-14/h9-10,12,14H,5-8H2,1-4H3. The highest BCUT2D eigenvalue weighted by molar-refractivity contribution is 7.87. The molecule has 1 aliphatic rings. The molecule has 0 saturated carbocycles. The molecule has 18 heavy (non-hydrogen) atoms. The van der Waals surface area contributed by atoms with Crippen molar-refractivity contribution in [2.45, 2.75) is 39.9 Å². The van der Waals surface area contributed by atoms with Gasteiger partial charge in [-0.25, -0.2) is 4.72 Å². The van der Waals surface area contributed by atoms with Crippen LogP contribution in [-0.2, 0) is 14.9 Å². The summed E-state index contributed by atoms with van der Waals surface area (Å²) in [4.78, 5) is 0. The van der Waals surface area contributed by atoms with Crippen LogP contribution in [0.2, 0.25) is 0 Å². The minimum absolute atomic E-state index is 0.0641. The predicted molar refractivity (Wildman–Crippen MR) is 69.4 cm³/mol. The summed E-state index contributed by atoms with van der Waals surface area (Å²) in [7, 11) is -3.50. The van der Waals surface area contributed by atoms with Crippen LogP contribution in [0.1, 0.15) is 27.7 Å². The Labute approximate surface area is 109 Å². The largest absolute Gasteiger partial charge is 0.396 e. The molecule has 1 rings (SSSR count). The fraction of sp³-hybridized carbons (Fsp3) is 1.00. The zero-order valence-electron chi connectivity index (χ0n) is 11.5. The minimum atomic E-state index is -3.50. The van der Waals surface area contributed by atoms with Crippen molar-refractivity contribution in [3.8, 4) is 0 Å². The summed E-state index contributed by atoms with van der Waals surface area (Å²) in [5.41, 5.74) is -0.462. The summed E-state index contributed by atoms with van der Waals surface area (Å²) < 4.78 is 33.7. The van der Waals surface area contributed by atoms with Crippen LogP contribution in [0.4, 0.5) is 0 Å². The number of nitrogens with one attached hydrogen (secondary N) is 1. The number of hydrogen-bond donors (Lipinski definition) is 2. The highest BCUT2D eigenvalue weighted by Gasteiger charge is 2.31. The molecule has 2 N–H and O–H groups in total. The van der Waals surface area contributed by atoms with Gasteiger partial charge in [0.1, 0.15) is 0 Å². The van der Waals surface area contributed by atoms with Crippen LogP contribution < -0.4 is 4.72 Å². The second-order valence-corrected chi connectivity index (χ2v) is 7.48. The zero-order chi connectivity index (χ0) is 14.0. The average Bonchev–Trinajstić information content (AvgIpc) is 2.25. The van der Waals surface area contributed by atoms with Gasteiger partial charge < -0.3 is 9.84 Å². The third-order valence-corrected chi connectivity index (χ3v) is 4.37. The van der Waals surface area contributed by atoms with Crippen LogP contribution >= 0.6 is 0 Å². The molecule has 0 aromatic rings. The number of morpholine rings is 1. The Morgan fingerprint density at radius 2 is 1.83 bits per heavy atom. The summed E-state index contributed by atoms with van der Waals surface area (Å²) >= 11 is 0. The van der Waals surface area contributed by atoms with Gasteiger partial charge in [0.25, 0.3) is 10.2 Å². The Bertz CT molecular complexity index is 359. The van der Waals surface area contributed by atoms with Gasteiger partial charge in [0.05, 0.1) is 12.2 Å². The lowest BCUT2D eigenvalue weighted by molar-refractivity contribution is -0.0444. The molecule has 1 heterocycles. The number of hydrogen-bond acceptors (Lipinski definition) is 4. The van der Waals surface area contributed by atoms with Gasteiger partial charge in [0, 0.05) is 31.7 Å². The van der Waals surface area contributed by atoms with Crippen molar-refractivity contribution in [1.82, 2.24) is 9.03 Å². The SMILES string of the molecule is CC1CN(S(=O)(=O)NCC(C)(C)CO)CC(C)O1. The van der Waals surface area contributed by atoms with Crippen molar-refractivity contribution in [1.29, 1.82) is 0 Å². The Kier molecular flexibility index (Phi) is 5.13. The van der Waals surface area contributed by atoms with E-state index in [-0.39, 0.29) is 25.4 Å². The molecule has 2 unspecified atom stereocenters. The lowest BCUT2D eigenvalue weighted by Gasteiger charge is -2.35. The molecular formula is C11H24N2O4S. The molecule has 2 atom stereocenters. The van der Waals surface area contributed by atoms with E-state index in [0.29, 0.717) is 13.1 Å². The maximum Gasteiger partial charge on any atom is 0.279 e. The maximum atomic E-state index is 12.1. The molecule has 108 valence electrons. The van der Waals surface area contributed by atoms with E-state index in [0.717, 1.165) is 0 Å². The zero-order valence-corrected chi connectivity index (χ0v) is 12.3. The Morgan fingerprint density at radius 3 is 2.28 bits per heavy atom. The van der Waals surface area contributed by atoms with Gasteiger partial charge in [-0.2, -0.15) is 12.7 Å². The number of ether oxygens (including phenoxy) is 1. The van der Waals surface area contributed by atoms with Gasteiger partial charge in [0.15, 0.2) is 0 Å². The van der Waals surface area contributed by atoms with Crippen LogP contribution in [0.5, 0.6) is 0 Å². The summed E-state index contributed by atoms with van der Waals surface area (Å²) in [5, 5.41) is 9.12. The molecule has 0 radical (unpaired) electrons. The van der Waals surface area contributed by atoms with Gasteiger partial charge in [-0.1, -0.05) is 13.8 Å². The summed E-state index contributed by atoms with van der Waals surface area (Å²) in [6.45, 7) is 8.20. The maximum absolute atomic E-state index is 12.1. The molecule has 0 aromatic heterocycles. The first-order chi connectivity index (χ1) is 8.16. The van der Waals surface area contributed by atoms with Crippen molar-refractivity contribution >= 4 is 10.2 Å². The van der Waals surface area contributed by atoms with E-state index in [1.807, 2.05) is 13.8 Å². The van der Waals surface area contributed by atoms with E-state index in [4.69, 9.17) is 9.84 Å². The molecule has 1 aliphatic heterocycles. The lowest BCUT2D eigenvalue weighted by Crippen LogP contribution is -2.53. The van der Waals surface area contributed by atoms with Crippen LogP contribution in [-0.4, -0.2) is 56.3 Å². The minimum Gasteiger partial charge on any atom is -0.396 e. The molecule has 6 nitrogen and oxygen atoms in total. The highest BCUT2D eigenvalue weighted by atomic mass is 32.2. The van der Waals surface area contributed by atoms with Crippen molar-refractivity contribution in [2.24, 2.45) is 5.41 Å². The van der Waals surface area contributed by atoms with Gasteiger partial charge in [-0.3, -0.25) is 0 Å². The number of nitrogens with zero attached hydrogens (tertiary/aromatic N) is 1. The molecule has 0 aromatic carbocycles. The van der Waals surface area contributed by atoms with Crippen LogP contribution in [0.25, 0.3) is 0 Å². The number of aliphatic hydroxyl groups excluding tert-OH is 1. The van der Waals surface area contributed by atoms with E-state index in [9.17, 15) is 8.42 Å². The van der Waals surface area contributed by atoms with Crippen molar-refractivity contribution in [2.75, 3.05) is 26.2 Å². The van der Waals surface area contributed by atoms with Crippen LogP contribution in [0.15, 0.2) is 0 Å². The third kappa shape index (κ3) is 4.47. The first-order valence-electron chi connectivity index (χ1n) is 6.17. The second kappa shape index (κ2) is 5.83. The summed E-state index contributed by atoms with van der Waals surface area (Å²) in [6.07, 6.45) is -0.202. The molecule has 1 saturated heterocycles.